The zero-order valence-electron chi connectivity index (χ0n) is 25.9. The molecule has 4 rings (SSSR count). The molecule has 3 aliphatic heterocycles. The molecule has 10 nitrogen and oxygen atoms in total. The fourth-order valence-corrected chi connectivity index (χ4v) is 6.49. The van der Waals surface area contributed by atoms with Crippen LogP contribution in [0.4, 0.5) is 0 Å². The van der Waals surface area contributed by atoms with Crippen molar-refractivity contribution < 1.29 is 23.9 Å². The van der Waals surface area contributed by atoms with Gasteiger partial charge in [-0.3, -0.25) is 24.2 Å². The largest absolute Gasteiger partial charge is 0.381 e. The number of hydrogen-bond donors (Lipinski definition) is 3. The number of ether oxygens (including phenoxy) is 1. The highest BCUT2D eigenvalue weighted by molar-refractivity contribution is 5.92. The molecule has 0 aliphatic carbocycles. The molecule has 2 saturated heterocycles. The number of rotatable bonds is 2. The van der Waals surface area contributed by atoms with Gasteiger partial charge in [0.2, 0.25) is 17.7 Å². The SMILES string of the molecule is COC1CCCCc2cccc(c2)C2CCCN2C(=O)C2CCCN(N2)C(=O)C(C)NC(=O)C(C(C)C)NC(=O)C1C. The third-order valence-electron chi connectivity index (χ3n) is 9.08. The summed E-state index contributed by atoms with van der Waals surface area (Å²) in [7, 11) is 1.62. The van der Waals surface area contributed by atoms with Crippen molar-refractivity contribution in [2.75, 3.05) is 20.2 Å². The van der Waals surface area contributed by atoms with E-state index in [2.05, 4.69) is 40.3 Å². The first kappa shape index (κ1) is 31.9. The predicted octanol–water partition coefficient (Wildman–Crippen LogP) is 2.87. The van der Waals surface area contributed by atoms with Crippen LogP contribution in [0.2, 0.25) is 0 Å². The lowest BCUT2D eigenvalue weighted by Crippen LogP contribution is -2.62. The van der Waals surface area contributed by atoms with Crippen LogP contribution >= 0.6 is 0 Å². The first-order valence-corrected chi connectivity index (χ1v) is 15.7. The number of hydrogen-bond acceptors (Lipinski definition) is 6. The number of nitrogens with zero attached hydrogens (tertiary/aromatic N) is 2. The topological polar surface area (TPSA) is 120 Å². The molecule has 232 valence electrons. The van der Waals surface area contributed by atoms with Crippen molar-refractivity contribution in [3.63, 3.8) is 0 Å². The van der Waals surface area contributed by atoms with Crippen molar-refractivity contribution >= 4 is 23.6 Å². The molecule has 0 radical (unpaired) electrons. The molecule has 3 N–H and O–H groups in total. The number of carbonyl (C=O) groups excluding carboxylic acids is 4. The molecule has 10 heteroatoms. The Morgan fingerprint density at radius 1 is 0.881 bits per heavy atom. The summed E-state index contributed by atoms with van der Waals surface area (Å²) in [6, 6.07) is 6.45. The summed E-state index contributed by atoms with van der Waals surface area (Å²) in [5.41, 5.74) is 5.56. The second-order valence-electron chi connectivity index (χ2n) is 12.5. The van der Waals surface area contributed by atoms with Crippen LogP contribution < -0.4 is 16.1 Å². The number of benzene rings is 1. The summed E-state index contributed by atoms with van der Waals surface area (Å²) in [5.74, 6) is -1.58. The number of methoxy groups -OCH3 is 1. The molecule has 6 unspecified atom stereocenters. The molecule has 4 bridgehead atoms. The van der Waals surface area contributed by atoms with Gasteiger partial charge in [-0.25, -0.2) is 5.43 Å². The van der Waals surface area contributed by atoms with Gasteiger partial charge in [-0.05, 0) is 68.9 Å². The fourth-order valence-electron chi connectivity index (χ4n) is 6.49. The minimum atomic E-state index is -0.832. The van der Waals surface area contributed by atoms with Gasteiger partial charge in [0.15, 0.2) is 0 Å². The van der Waals surface area contributed by atoms with Crippen LogP contribution in [0.15, 0.2) is 24.3 Å². The van der Waals surface area contributed by atoms with Gasteiger partial charge in [-0.1, -0.05) is 51.5 Å². The fraction of sp³-hybridized carbons (Fsp3) is 0.688. The van der Waals surface area contributed by atoms with Crippen molar-refractivity contribution in [1.82, 2.24) is 26.0 Å². The van der Waals surface area contributed by atoms with E-state index in [4.69, 9.17) is 4.74 Å². The molecule has 3 heterocycles. The Hall–Kier alpha value is -2.98. The summed E-state index contributed by atoms with van der Waals surface area (Å²) in [6.07, 6.45) is 6.40. The Kier molecular flexibility index (Phi) is 11.0. The number of nitrogens with one attached hydrogen (secondary N) is 3. The normalized spacial score (nSPS) is 30.7. The van der Waals surface area contributed by atoms with Crippen molar-refractivity contribution in [2.24, 2.45) is 11.8 Å². The van der Waals surface area contributed by atoms with E-state index in [0.29, 0.717) is 25.9 Å². The Morgan fingerprint density at radius 2 is 1.64 bits per heavy atom. The average Bonchev–Trinajstić information content (AvgIpc) is 3.48. The number of aryl methyl sites for hydroxylation is 1. The molecule has 42 heavy (non-hydrogen) atoms. The van der Waals surface area contributed by atoms with Crippen molar-refractivity contribution in [3.05, 3.63) is 35.4 Å². The van der Waals surface area contributed by atoms with Gasteiger partial charge >= 0.3 is 0 Å². The minimum Gasteiger partial charge on any atom is -0.381 e. The highest BCUT2D eigenvalue weighted by Crippen LogP contribution is 2.34. The molecule has 0 spiro atoms. The van der Waals surface area contributed by atoms with E-state index in [1.54, 1.807) is 14.0 Å². The summed E-state index contributed by atoms with van der Waals surface area (Å²) in [6.45, 7) is 8.35. The number of hydrazine groups is 1. The Bertz CT molecular complexity index is 1130. The molecule has 6 atom stereocenters. The Labute approximate surface area is 250 Å². The minimum absolute atomic E-state index is 0.0153. The summed E-state index contributed by atoms with van der Waals surface area (Å²) >= 11 is 0. The maximum absolute atomic E-state index is 13.8. The van der Waals surface area contributed by atoms with E-state index in [0.717, 1.165) is 44.1 Å². The maximum Gasteiger partial charge on any atom is 0.258 e. The molecule has 4 amide bonds. The van der Waals surface area contributed by atoms with Gasteiger partial charge in [0, 0.05) is 20.2 Å². The van der Waals surface area contributed by atoms with Gasteiger partial charge in [0.25, 0.3) is 5.91 Å². The van der Waals surface area contributed by atoms with E-state index >= 15 is 0 Å². The molecule has 1 aromatic carbocycles. The quantitative estimate of drug-likeness (QED) is 0.493. The first-order chi connectivity index (χ1) is 20.1. The van der Waals surface area contributed by atoms with Crippen LogP contribution in [0.3, 0.4) is 0 Å². The molecular weight excluding hydrogens is 534 g/mol. The lowest BCUT2D eigenvalue weighted by atomic mass is 9.94. The van der Waals surface area contributed by atoms with E-state index in [1.165, 1.54) is 10.6 Å². The Morgan fingerprint density at radius 3 is 2.38 bits per heavy atom. The molecule has 0 aromatic heterocycles. The van der Waals surface area contributed by atoms with Crippen LogP contribution in [-0.2, 0) is 30.3 Å². The third kappa shape index (κ3) is 7.50. The van der Waals surface area contributed by atoms with Gasteiger partial charge in [0.1, 0.15) is 18.1 Å². The number of fused-ring (bicyclic) bond motifs is 6. The second kappa shape index (κ2) is 14.5. The van der Waals surface area contributed by atoms with Crippen LogP contribution in [0.25, 0.3) is 0 Å². The predicted molar refractivity (Wildman–Crippen MR) is 160 cm³/mol. The van der Waals surface area contributed by atoms with Crippen LogP contribution in [0.5, 0.6) is 0 Å². The number of amides is 4. The monoisotopic (exact) mass is 583 g/mol. The third-order valence-corrected chi connectivity index (χ3v) is 9.08. The van der Waals surface area contributed by atoms with Gasteiger partial charge in [-0.2, -0.15) is 0 Å². The van der Waals surface area contributed by atoms with Crippen molar-refractivity contribution in [2.45, 2.75) is 109 Å². The molecular formula is C32H49N5O5. The second-order valence-corrected chi connectivity index (χ2v) is 12.5. The van der Waals surface area contributed by atoms with E-state index in [-0.39, 0.29) is 35.8 Å². The van der Waals surface area contributed by atoms with Crippen molar-refractivity contribution in [3.8, 4) is 0 Å². The average molecular weight is 584 g/mol. The summed E-state index contributed by atoms with van der Waals surface area (Å²) in [4.78, 5) is 55.6. The van der Waals surface area contributed by atoms with Crippen LogP contribution in [0.1, 0.15) is 89.8 Å². The zero-order chi connectivity index (χ0) is 30.4. The van der Waals surface area contributed by atoms with Crippen LogP contribution in [0, 0.1) is 11.8 Å². The van der Waals surface area contributed by atoms with Gasteiger partial charge < -0.3 is 20.3 Å². The lowest BCUT2D eigenvalue weighted by Gasteiger charge is -2.37. The maximum atomic E-state index is 13.8. The molecule has 1 aromatic rings. The molecule has 2 fully saturated rings. The standard InChI is InChI=1S/C32H49N5O5/c1-20(2)28-30(39)33-22(4)31(40)37-18-9-14-25(35-37)32(41)36-17-10-15-26(36)24-13-8-12-23(19-24)11-6-7-16-27(42-5)21(3)29(38)34-28/h8,12-13,19-22,25-28,35H,6-7,9-11,14-18H2,1-5H3,(H,33,39)(H,34,38). The van der Waals surface area contributed by atoms with E-state index in [9.17, 15) is 19.2 Å². The molecule has 3 aliphatic rings. The highest BCUT2D eigenvalue weighted by Gasteiger charge is 2.38. The Balaban J connectivity index is 1.59. The molecule has 0 saturated carbocycles. The van der Waals surface area contributed by atoms with E-state index in [1.807, 2.05) is 25.7 Å². The van der Waals surface area contributed by atoms with Gasteiger partial charge in [0.05, 0.1) is 18.1 Å². The first-order valence-electron chi connectivity index (χ1n) is 15.7. The number of carbonyl (C=O) groups is 4. The van der Waals surface area contributed by atoms with Gasteiger partial charge in [-0.15, -0.1) is 0 Å². The highest BCUT2D eigenvalue weighted by atomic mass is 16.5. The lowest BCUT2D eigenvalue weighted by molar-refractivity contribution is -0.146. The van der Waals surface area contributed by atoms with E-state index < -0.39 is 30.0 Å². The van der Waals surface area contributed by atoms with Crippen LogP contribution in [-0.4, -0.2) is 78.0 Å². The smallest absolute Gasteiger partial charge is 0.258 e. The zero-order valence-corrected chi connectivity index (χ0v) is 25.9. The summed E-state index contributed by atoms with van der Waals surface area (Å²) in [5, 5.41) is 7.18. The van der Waals surface area contributed by atoms with Crippen molar-refractivity contribution in [1.29, 1.82) is 0 Å². The summed E-state index contributed by atoms with van der Waals surface area (Å²) < 4.78 is 5.71.